The summed E-state index contributed by atoms with van der Waals surface area (Å²) in [6, 6.07) is 0. The zero-order valence-electron chi connectivity index (χ0n) is 11.7. The summed E-state index contributed by atoms with van der Waals surface area (Å²) in [7, 11) is 0. The summed E-state index contributed by atoms with van der Waals surface area (Å²) in [5.41, 5.74) is -0.692. The molecule has 1 N–H and O–H groups in total. The predicted octanol–water partition coefficient (Wildman–Crippen LogP) is 3.47. The molecule has 1 fully saturated rings. The number of imidazole rings is 1. The smallest absolute Gasteiger partial charge is 0.140 e. The maximum atomic E-state index is 10.9. The maximum absolute atomic E-state index is 10.9. The average molecular weight is 250 g/mol. The van der Waals surface area contributed by atoms with Crippen molar-refractivity contribution in [3.8, 4) is 0 Å². The molecule has 0 saturated heterocycles. The van der Waals surface area contributed by atoms with Crippen molar-refractivity contribution in [3.05, 3.63) is 18.2 Å². The standard InChI is InChI=1S/C15H26N2O/c1-3-11-17-12-10-16-14(17)15(18)8-5-6-13(4-2)7-9-15/h10,12-13,18H,3-9,11H2,1-2H3. The van der Waals surface area contributed by atoms with Crippen molar-refractivity contribution < 1.29 is 5.11 Å². The van der Waals surface area contributed by atoms with Crippen molar-refractivity contribution >= 4 is 0 Å². The van der Waals surface area contributed by atoms with Gasteiger partial charge in [-0.2, -0.15) is 0 Å². The van der Waals surface area contributed by atoms with Crippen LogP contribution >= 0.6 is 0 Å². The molecule has 0 spiro atoms. The highest BCUT2D eigenvalue weighted by molar-refractivity contribution is 5.06. The van der Waals surface area contributed by atoms with Crippen LogP contribution in [0.5, 0.6) is 0 Å². The van der Waals surface area contributed by atoms with Crippen LogP contribution in [-0.4, -0.2) is 14.7 Å². The monoisotopic (exact) mass is 250 g/mol. The van der Waals surface area contributed by atoms with E-state index in [9.17, 15) is 5.11 Å². The first-order valence-corrected chi connectivity index (χ1v) is 7.43. The molecular formula is C15H26N2O. The number of nitrogens with zero attached hydrogens (tertiary/aromatic N) is 2. The minimum atomic E-state index is -0.692. The lowest BCUT2D eigenvalue weighted by molar-refractivity contribution is 0.00738. The van der Waals surface area contributed by atoms with Gasteiger partial charge < -0.3 is 9.67 Å². The van der Waals surface area contributed by atoms with Gasteiger partial charge in [-0.25, -0.2) is 4.98 Å². The van der Waals surface area contributed by atoms with Crippen molar-refractivity contribution in [1.82, 2.24) is 9.55 Å². The van der Waals surface area contributed by atoms with Gasteiger partial charge >= 0.3 is 0 Å². The van der Waals surface area contributed by atoms with E-state index < -0.39 is 5.60 Å². The van der Waals surface area contributed by atoms with Crippen LogP contribution in [0, 0.1) is 5.92 Å². The number of hydrogen-bond acceptors (Lipinski definition) is 2. The Morgan fingerprint density at radius 3 is 2.94 bits per heavy atom. The second-order valence-electron chi connectivity index (χ2n) is 5.68. The topological polar surface area (TPSA) is 38.0 Å². The predicted molar refractivity (Wildman–Crippen MR) is 73.3 cm³/mol. The summed E-state index contributed by atoms with van der Waals surface area (Å²) < 4.78 is 2.13. The first kappa shape index (κ1) is 13.6. The van der Waals surface area contributed by atoms with E-state index >= 15 is 0 Å². The fourth-order valence-corrected chi connectivity index (χ4v) is 3.17. The van der Waals surface area contributed by atoms with Crippen molar-refractivity contribution in [2.45, 2.75) is 70.9 Å². The lowest BCUT2D eigenvalue weighted by Gasteiger charge is -2.27. The van der Waals surface area contributed by atoms with Gasteiger partial charge in [0.1, 0.15) is 11.4 Å². The van der Waals surface area contributed by atoms with E-state index in [1.165, 1.54) is 12.8 Å². The quantitative estimate of drug-likeness (QED) is 0.831. The molecule has 102 valence electrons. The Morgan fingerprint density at radius 2 is 2.22 bits per heavy atom. The summed E-state index contributed by atoms with van der Waals surface area (Å²) >= 11 is 0. The summed E-state index contributed by atoms with van der Waals surface area (Å²) in [4.78, 5) is 4.44. The third kappa shape index (κ3) is 2.77. The normalized spacial score (nSPS) is 29.2. The average Bonchev–Trinajstić information content (AvgIpc) is 2.74. The van der Waals surface area contributed by atoms with Gasteiger partial charge in [0.2, 0.25) is 0 Å². The van der Waals surface area contributed by atoms with Crippen molar-refractivity contribution in [1.29, 1.82) is 0 Å². The van der Waals surface area contributed by atoms with E-state index in [0.717, 1.165) is 50.4 Å². The fourth-order valence-electron chi connectivity index (χ4n) is 3.17. The minimum Gasteiger partial charge on any atom is -0.382 e. The molecular weight excluding hydrogens is 224 g/mol. The van der Waals surface area contributed by atoms with Crippen LogP contribution in [0.25, 0.3) is 0 Å². The van der Waals surface area contributed by atoms with E-state index in [4.69, 9.17) is 0 Å². The molecule has 1 aromatic rings. The van der Waals surface area contributed by atoms with Gasteiger partial charge in [-0.05, 0) is 38.0 Å². The molecule has 1 aliphatic rings. The van der Waals surface area contributed by atoms with E-state index in [1.54, 1.807) is 0 Å². The van der Waals surface area contributed by atoms with Crippen LogP contribution in [0.2, 0.25) is 0 Å². The van der Waals surface area contributed by atoms with Gasteiger partial charge in [0.15, 0.2) is 0 Å². The molecule has 2 atom stereocenters. The summed E-state index contributed by atoms with van der Waals surface area (Å²) in [5.74, 6) is 1.68. The second-order valence-corrected chi connectivity index (χ2v) is 5.68. The third-order valence-corrected chi connectivity index (χ3v) is 4.34. The third-order valence-electron chi connectivity index (χ3n) is 4.34. The van der Waals surface area contributed by atoms with E-state index in [0.29, 0.717) is 0 Å². The molecule has 0 amide bonds. The maximum Gasteiger partial charge on any atom is 0.140 e. The Kier molecular flexibility index (Phi) is 4.44. The number of rotatable bonds is 4. The molecule has 3 heteroatoms. The molecule has 18 heavy (non-hydrogen) atoms. The molecule has 1 saturated carbocycles. The van der Waals surface area contributed by atoms with Gasteiger partial charge in [-0.15, -0.1) is 0 Å². The van der Waals surface area contributed by atoms with Gasteiger partial charge in [0.25, 0.3) is 0 Å². The molecule has 3 nitrogen and oxygen atoms in total. The van der Waals surface area contributed by atoms with E-state index in [1.807, 2.05) is 12.4 Å². The molecule has 1 aliphatic carbocycles. The Bertz CT molecular complexity index is 374. The van der Waals surface area contributed by atoms with Gasteiger partial charge in [-0.1, -0.05) is 26.7 Å². The number of aliphatic hydroxyl groups is 1. The van der Waals surface area contributed by atoms with Crippen molar-refractivity contribution in [2.75, 3.05) is 0 Å². The molecule has 2 unspecified atom stereocenters. The number of hydrogen-bond donors (Lipinski definition) is 1. The van der Waals surface area contributed by atoms with Crippen molar-refractivity contribution in [3.63, 3.8) is 0 Å². The van der Waals surface area contributed by atoms with Gasteiger partial charge in [-0.3, -0.25) is 0 Å². The zero-order valence-corrected chi connectivity index (χ0v) is 11.7. The Hall–Kier alpha value is -0.830. The minimum absolute atomic E-state index is 0.692. The van der Waals surface area contributed by atoms with Crippen LogP contribution in [0.4, 0.5) is 0 Å². The molecule has 2 rings (SSSR count). The SMILES string of the molecule is CCCn1ccnc1C1(O)CCCC(CC)CC1. The molecule has 0 aliphatic heterocycles. The van der Waals surface area contributed by atoms with E-state index in [-0.39, 0.29) is 0 Å². The van der Waals surface area contributed by atoms with Crippen molar-refractivity contribution in [2.24, 2.45) is 5.92 Å². The highest BCUT2D eigenvalue weighted by Gasteiger charge is 2.35. The molecule has 1 aromatic heterocycles. The van der Waals surface area contributed by atoms with Gasteiger partial charge in [0.05, 0.1) is 0 Å². The van der Waals surface area contributed by atoms with E-state index in [2.05, 4.69) is 23.4 Å². The molecule has 0 bridgehead atoms. The van der Waals surface area contributed by atoms with Crippen LogP contribution in [0.3, 0.4) is 0 Å². The lowest BCUT2D eigenvalue weighted by atomic mass is 9.92. The molecule has 1 heterocycles. The highest BCUT2D eigenvalue weighted by Crippen LogP contribution is 2.37. The number of aromatic nitrogens is 2. The van der Waals surface area contributed by atoms with Crippen LogP contribution in [0.1, 0.15) is 64.6 Å². The second kappa shape index (κ2) is 5.87. The largest absolute Gasteiger partial charge is 0.382 e. The number of aryl methyl sites for hydroxylation is 1. The molecule has 0 aromatic carbocycles. The Morgan fingerprint density at radius 1 is 1.39 bits per heavy atom. The molecule has 0 radical (unpaired) electrons. The summed E-state index contributed by atoms with van der Waals surface area (Å²) in [6.45, 7) is 5.37. The Labute approximate surface area is 110 Å². The summed E-state index contributed by atoms with van der Waals surface area (Å²) in [6.07, 6.45) is 11.4. The van der Waals surface area contributed by atoms with Crippen LogP contribution in [0.15, 0.2) is 12.4 Å². The summed E-state index contributed by atoms with van der Waals surface area (Å²) in [5, 5.41) is 10.9. The zero-order chi connectivity index (χ0) is 13.0. The first-order valence-electron chi connectivity index (χ1n) is 7.43. The fraction of sp³-hybridized carbons (Fsp3) is 0.800. The van der Waals surface area contributed by atoms with Crippen LogP contribution < -0.4 is 0 Å². The highest BCUT2D eigenvalue weighted by atomic mass is 16.3. The lowest BCUT2D eigenvalue weighted by Crippen LogP contribution is -2.29. The van der Waals surface area contributed by atoms with Gasteiger partial charge in [0, 0.05) is 18.9 Å². The van der Waals surface area contributed by atoms with Crippen LogP contribution in [-0.2, 0) is 12.1 Å². The Balaban J connectivity index is 2.16. The first-order chi connectivity index (χ1) is 8.69.